The molecule has 0 atom stereocenters. The molecule has 0 fully saturated rings. The van der Waals surface area contributed by atoms with Crippen molar-refractivity contribution >= 4 is 5.97 Å². The molecule has 0 aliphatic carbocycles. The number of aromatic carboxylic acids is 1. The van der Waals surface area contributed by atoms with E-state index in [-0.39, 0.29) is 6.54 Å². The van der Waals surface area contributed by atoms with Crippen LogP contribution < -0.4 is 4.74 Å². The predicted octanol–water partition coefficient (Wildman–Crippen LogP) is 2.25. The average Bonchev–Trinajstić information content (AvgIpc) is 2.90. The van der Waals surface area contributed by atoms with Crippen molar-refractivity contribution in [2.75, 3.05) is 7.11 Å². The molecule has 0 aliphatic rings. The zero-order valence-corrected chi connectivity index (χ0v) is 11.5. The summed E-state index contributed by atoms with van der Waals surface area (Å²) in [6, 6.07) is 6.88. The Labute approximate surface area is 123 Å². The van der Waals surface area contributed by atoms with Crippen molar-refractivity contribution in [3.63, 3.8) is 0 Å². The lowest BCUT2D eigenvalue weighted by atomic mass is 10.1. The average molecular weight is 315 g/mol. The zero-order chi connectivity index (χ0) is 16.3. The Balaban J connectivity index is 2.19. The van der Waals surface area contributed by atoms with Crippen LogP contribution in [0.3, 0.4) is 0 Å². The third-order valence-corrected chi connectivity index (χ3v) is 2.98. The van der Waals surface area contributed by atoms with Gasteiger partial charge in [0.15, 0.2) is 5.69 Å². The topological polar surface area (TPSA) is 77.2 Å². The molecule has 0 saturated heterocycles. The van der Waals surface area contributed by atoms with Crippen molar-refractivity contribution in [3.05, 3.63) is 41.2 Å². The van der Waals surface area contributed by atoms with Crippen LogP contribution in [0.2, 0.25) is 0 Å². The van der Waals surface area contributed by atoms with E-state index in [4.69, 9.17) is 9.84 Å². The molecule has 0 aliphatic heterocycles. The van der Waals surface area contributed by atoms with Crippen molar-refractivity contribution in [2.45, 2.75) is 19.1 Å². The summed E-state index contributed by atoms with van der Waals surface area (Å²) in [5.74, 6) is -1.07. The minimum absolute atomic E-state index is 0.0307. The van der Waals surface area contributed by atoms with Gasteiger partial charge in [-0.3, -0.25) is 0 Å². The molecular formula is C13H12F3N3O3. The number of carboxylic acids is 1. The van der Waals surface area contributed by atoms with Crippen LogP contribution in [0.5, 0.6) is 5.75 Å². The van der Waals surface area contributed by atoms with Gasteiger partial charge in [0.2, 0.25) is 5.69 Å². The van der Waals surface area contributed by atoms with Gasteiger partial charge in [-0.05, 0) is 24.1 Å². The van der Waals surface area contributed by atoms with E-state index >= 15 is 0 Å². The Bertz CT molecular complexity index is 665. The molecule has 1 aromatic heterocycles. The first-order chi connectivity index (χ1) is 10.3. The Morgan fingerprint density at radius 3 is 2.45 bits per heavy atom. The molecule has 0 radical (unpaired) electrons. The Hall–Kier alpha value is -2.58. The summed E-state index contributed by atoms with van der Waals surface area (Å²) in [4.78, 5) is 11.0. The first-order valence-corrected chi connectivity index (χ1v) is 6.20. The van der Waals surface area contributed by atoms with Crippen LogP contribution in [0.1, 0.15) is 21.7 Å². The second-order valence-corrected chi connectivity index (χ2v) is 4.41. The monoisotopic (exact) mass is 315 g/mol. The minimum atomic E-state index is -4.86. The summed E-state index contributed by atoms with van der Waals surface area (Å²) in [7, 11) is 1.52. The van der Waals surface area contributed by atoms with Crippen LogP contribution in [0.25, 0.3) is 0 Å². The smallest absolute Gasteiger partial charge is 0.437 e. The summed E-state index contributed by atoms with van der Waals surface area (Å²) in [5, 5.41) is 15.2. The summed E-state index contributed by atoms with van der Waals surface area (Å²) in [6.45, 7) is -0.0307. The summed E-state index contributed by atoms with van der Waals surface area (Å²) < 4.78 is 43.8. The minimum Gasteiger partial charge on any atom is -0.497 e. The fraction of sp³-hybridized carbons (Fsp3) is 0.308. The molecular weight excluding hydrogens is 303 g/mol. The maximum absolute atomic E-state index is 12.7. The van der Waals surface area contributed by atoms with Crippen LogP contribution in [0, 0.1) is 0 Å². The van der Waals surface area contributed by atoms with Gasteiger partial charge < -0.3 is 9.84 Å². The van der Waals surface area contributed by atoms with E-state index in [2.05, 4.69) is 10.3 Å². The maximum atomic E-state index is 12.7. The fourth-order valence-corrected chi connectivity index (χ4v) is 1.90. The lowest BCUT2D eigenvalue weighted by Gasteiger charge is -2.07. The number of hydrogen-bond donors (Lipinski definition) is 1. The highest BCUT2D eigenvalue weighted by atomic mass is 19.4. The van der Waals surface area contributed by atoms with Gasteiger partial charge in [-0.2, -0.15) is 13.2 Å². The highest BCUT2D eigenvalue weighted by Gasteiger charge is 2.40. The van der Waals surface area contributed by atoms with Crippen LogP contribution in [-0.4, -0.2) is 33.2 Å². The maximum Gasteiger partial charge on any atom is 0.437 e. The summed E-state index contributed by atoms with van der Waals surface area (Å²) in [5.41, 5.74) is -1.64. The second-order valence-electron chi connectivity index (χ2n) is 4.41. The van der Waals surface area contributed by atoms with Gasteiger partial charge in [0.1, 0.15) is 5.75 Å². The van der Waals surface area contributed by atoms with Gasteiger partial charge in [0.05, 0.1) is 7.11 Å². The van der Waals surface area contributed by atoms with E-state index in [1.165, 1.54) is 7.11 Å². The van der Waals surface area contributed by atoms with E-state index in [0.29, 0.717) is 12.2 Å². The highest BCUT2D eigenvalue weighted by Crippen LogP contribution is 2.30. The van der Waals surface area contributed by atoms with Crippen LogP contribution in [0.4, 0.5) is 13.2 Å². The van der Waals surface area contributed by atoms with E-state index in [1.54, 1.807) is 24.3 Å². The quantitative estimate of drug-likeness (QED) is 0.915. The van der Waals surface area contributed by atoms with Gasteiger partial charge >= 0.3 is 12.1 Å². The molecule has 9 heteroatoms. The number of rotatable bonds is 5. The Morgan fingerprint density at radius 1 is 1.32 bits per heavy atom. The number of benzene rings is 1. The number of halogens is 3. The van der Waals surface area contributed by atoms with E-state index in [1.807, 2.05) is 0 Å². The number of hydrogen-bond acceptors (Lipinski definition) is 4. The molecule has 0 unspecified atom stereocenters. The van der Waals surface area contributed by atoms with Crippen molar-refractivity contribution in [3.8, 4) is 5.75 Å². The third-order valence-electron chi connectivity index (χ3n) is 2.98. The molecule has 118 valence electrons. The number of aromatic nitrogens is 3. The predicted molar refractivity (Wildman–Crippen MR) is 68.7 cm³/mol. The van der Waals surface area contributed by atoms with E-state index in [9.17, 15) is 18.0 Å². The molecule has 6 nitrogen and oxygen atoms in total. The second kappa shape index (κ2) is 6.04. The van der Waals surface area contributed by atoms with Crippen molar-refractivity contribution < 1.29 is 27.8 Å². The highest BCUT2D eigenvalue weighted by molar-refractivity contribution is 5.87. The first-order valence-electron chi connectivity index (χ1n) is 6.20. The Kier molecular flexibility index (Phi) is 4.34. The summed E-state index contributed by atoms with van der Waals surface area (Å²) >= 11 is 0. The number of ether oxygens (including phenoxy) is 1. The number of aryl methyl sites for hydroxylation is 2. The molecule has 0 saturated carbocycles. The molecule has 0 amide bonds. The molecule has 0 spiro atoms. The molecule has 1 heterocycles. The number of methoxy groups -OCH3 is 1. The first kappa shape index (κ1) is 15.8. The lowest BCUT2D eigenvalue weighted by molar-refractivity contribution is -0.141. The molecule has 1 aromatic carbocycles. The van der Waals surface area contributed by atoms with Gasteiger partial charge in [-0.25, -0.2) is 9.48 Å². The number of alkyl halides is 3. The third kappa shape index (κ3) is 3.35. The van der Waals surface area contributed by atoms with Crippen LogP contribution >= 0.6 is 0 Å². The van der Waals surface area contributed by atoms with Crippen molar-refractivity contribution in [1.29, 1.82) is 0 Å². The normalized spacial score (nSPS) is 11.5. The van der Waals surface area contributed by atoms with E-state index in [0.717, 1.165) is 10.2 Å². The largest absolute Gasteiger partial charge is 0.497 e. The fourth-order valence-electron chi connectivity index (χ4n) is 1.90. The van der Waals surface area contributed by atoms with Gasteiger partial charge in [0.25, 0.3) is 0 Å². The molecule has 2 aromatic rings. The molecule has 22 heavy (non-hydrogen) atoms. The van der Waals surface area contributed by atoms with Crippen LogP contribution in [0.15, 0.2) is 24.3 Å². The molecule has 2 rings (SSSR count). The number of carbonyl (C=O) groups is 1. The Morgan fingerprint density at radius 2 is 1.95 bits per heavy atom. The van der Waals surface area contributed by atoms with Crippen molar-refractivity contribution in [1.82, 2.24) is 15.0 Å². The standard InChI is InChI=1S/C13H12F3N3O3/c1-22-9-4-2-8(3-5-9)6-7-19-10(12(20)21)11(17-18-19)13(14,15)16/h2-5H,6-7H2,1H3,(H,20,21). The zero-order valence-electron chi connectivity index (χ0n) is 11.5. The van der Waals surface area contributed by atoms with E-state index < -0.39 is 23.5 Å². The number of nitrogens with zero attached hydrogens (tertiary/aromatic N) is 3. The molecule has 0 bridgehead atoms. The van der Waals surface area contributed by atoms with Gasteiger partial charge in [-0.15, -0.1) is 5.10 Å². The lowest BCUT2D eigenvalue weighted by Crippen LogP contribution is -2.17. The van der Waals surface area contributed by atoms with Crippen LogP contribution in [-0.2, 0) is 19.1 Å². The van der Waals surface area contributed by atoms with Crippen molar-refractivity contribution in [2.24, 2.45) is 0 Å². The number of carboxylic acid groups (broad SMARTS) is 1. The van der Waals surface area contributed by atoms with Gasteiger partial charge in [0, 0.05) is 6.54 Å². The molecule has 1 N–H and O–H groups in total. The SMILES string of the molecule is COc1ccc(CCn2nnc(C(F)(F)F)c2C(=O)O)cc1. The summed E-state index contributed by atoms with van der Waals surface area (Å²) in [6.07, 6.45) is -4.54. The van der Waals surface area contributed by atoms with Gasteiger partial charge in [-0.1, -0.05) is 17.3 Å².